The van der Waals surface area contributed by atoms with Crippen LogP contribution in [0.5, 0.6) is 11.5 Å². The number of alkyl halides is 3. The van der Waals surface area contributed by atoms with Crippen molar-refractivity contribution in [2.24, 2.45) is 5.92 Å². The topological polar surface area (TPSA) is 76.7 Å². The smallest absolute Gasteiger partial charge is 0.395 e. The summed E-state index contributed by atoms with van der Waals surface area (Å²) in [6.07, 6.45) is -3.87. The average Bonchev–Trinajstić information content (AvgIpc) is 2.88. The van der Waals surface area contributed by atoms with Gasteiger partial charge in [-0.1, -0.05) is 18.2 Å². The van der Waals surface area contributed by atoms with Gasteiger partial charge in [-0.15, -0.1) is 0 Å². The summed E-state index contributed by atoms with van der Waals surface area (Å²) in [5.74, 6) is -2.18. The highest BCUT2D eigenvalue weighted by Gasteiger charge is 2.44. The maximum Gasteiger partial charge on any atom is 0.395 e. The third-order valence-electron chi connectivity index (χ3n) is 5.33. The zero-order chi connectivity index (χ0) is 23.1. The summed E-state index contributed by atoms with van der Waals surface area (Å²) in [6.45, 7) is 3.14. The average molecular weight is 446 g/mol. The van der Waals surface area contributed by atoms with Gasteiger partial charge in [0.25, 0.3) is 5.91 Å². The van der Waals surface area contributed by atoms with E-state index >= 15 is 0 Å². The van der Waals surface area contributed by atoms with Gasteiger partial charge in [-0.2, -0.15) is 13.2 Å². The molecule has 0 aliphatic carbocycles. The second kappa shape index (κ2) is 7.89. The molecule has 2 aliphatic heterocycles. The second-order valence-corrected chi connectivity index (χ2v) is 8.09. The standard InChI is InChI=1S/C23H21F3N2O4/c1-22(2)21(30)28-17-11-13(7-8-19(17)32-22)27-20(29)12-15-14-5-3-4-6-18(14)31-10-9-16(15)23(24,25)26/h3-8,11-12,16H,9-10H2,1-2H3,(H,27,29)(H,28,30). The van der Waals surface area contributed by atoms with Gasteiger partial charge in [-0.3, -0.25) is 9.59 Å². The van der Waals surface area contributed by atoms with Crippen LogP contribution in [0.4, 0.5) is 24.5 Å². The van der Waals surface area contributed by atoms with Crippen molar-refractivity contribution in [1.29, 1.82) is 0 Å². The number of rotatable bonds is 2. The quantitative estimate of drug-likeness (QED) is 0.651. The first-order chi connectivity index (χ1) is 15.0. The molecule has 6 nitrogen and oxygen atoms in total. The fourth-order valence-electron chi connectivity index (χ4n) is 3.69. The molecule has 9 heteroatoms. The molecule has 2 N–H and O–H groups in total. The molecule has 0 radical (unpaired) electrons. The van der Waals surface area contributed by atoms with Gasteiger partial charge < -0.3 is 20.1 Å². The monoisotopic (exact) mass is 446 g/mol. The minimum absolute atomic E-state index is 0.110. The molecule has 0 aromatic heterocycles. The van der Waals surface area contributed by atoms with Crippen LogP contribution in [-0.4, -0.2) is 30.2 Å². The molecule has 0 saturated heterocycles. The van der Waals surface area contributed by atoms with Crippen molar-refractivity contribution in [3.63, 3.8) is 0 Å². The van der Waals surface area contributed by atoms with Gasteiger partial charge in [0, 0.05) is 17.3 Å². The van der Waals surface area contributed by atoms with Crippen molar-refractivity contribution in [1.82, 2.24) is 0 Å². The molecule has 2 aliphatic rings. The maximum atomic E-state index is 13.7. The zero-order valence-electron chi connectivity index (χ0n) is 17.4. The fourth-order valence-corrected chi connectivity index (χ4v) is 3.69. The molecule has 2 amide bonds. The highest BCUT2D eigenvalue weighted by molar-refractivity contribution is 6.06. The van der Waals surface area contributed by atoms with E-state index in [0.29, 0.717) is 22.9 Å². The summed E-state index contributed by atoms with van der Waals surface area (Å²) in [4.78, 5) is 24.8. The first-order valence-corrected chi connectivity index (χ1v) is 10.0. The number of para-hydroxylation sites is 1. The largest absolute Gasteiger partial charge is 0.493 e. The van der Waals surface area contributed by atoms with Crippen molar-refractivity contribution >= 4 is 28.8 Å². The Morgan fingerprint density at radius 1 is 1.19 bits per heavy atom. The van der Waals surface area contributed by atoms with E-state index < -0.39 is 23.6 Å². The number of fused-ring (bicyclic) bond motifs is 2. The number of carbonyl (C=O) groups is 2. The molecule has 0 spiro atoms. The van der Waals surface area contributed by atoms with Crippen LogP contribution in [0.15, 0.2) is 48.5 Å². The highest BCUT2D eigenvalue weighted by Crippen LogP contribution is 2.44. The van der Waals surface area contributed by atoms with E-state index in [1.165, 1.54) is 12.1 Å². The number of halogens is 3. The van der Waals surface area contributed by atoms with Crippen LogP contribution in [0, 0.1) is 5.92 Å². The molecule has 4 rings (SSSR count). The third kappa shape index (κ3) is 4.28. The first kappa shape index (κ1) is 21.7. The SMILES string of the molecule is CC1(C)Oc2ccc(NC(=O)C=C3c4ccccc4OCCC3C(F)(F)F)cc2NC1=O. The number of hydrogen-bond donors (Lipinski definition) is 2. The lowest BCUT2D eigenvalue weighted by Crippen LogP contribution is -2.45. The number of amides is 2. The van der Waals surface area contributed by atoms with Gasteiger partial charge in [0.15, 0.2) is 5.60 Å². The molecule has 0 fully saturated rings. The number of allylic oxidation sites excluding steroid dienone is 1. The van der Waals surface area contributed by atoms with Crippen LogP contribution in [0.3, 0.4) is 0 Å². The molecule has 1 unspecified atom stereocenters. The van der Waals surface area contributed by atoms with Crippen molar-refractivity contribution in [2.75, 3.05) is 17.2 Å². The Kier molecular flexibility index (Phi) is 5.36. The lowest BCUT2D eigenvalue weighted by molar-refractivity contribution is -0.160. The number of benzene rings is 2. The normalized spacial score (nSPS) is 20.7. The van der Waals surface area contributed by atoms with Crippen LogP contribution in [0.25, 0.3) is 5.57 Å². The molecular weight excluding hydrogens is 425 g/mol. The predicted molar refractivity (Wildman–Crippen MR) is 112 cm³/mol. The Bertz CT molecular complexity index is 1110. The summed E-state index contributed by atoms with van der Waals surface area (Å²) < 4.78 is 52.4. The zero-order valence-corrected chi connectivity index (χ0v) is 17.4. The molecular formula is C23H21F3N2O4. The minimum Gasteiger partial charge on any atom is -0.493 e. The van der Waals surface area contributed by atoms with Crippen LogP contribution in [0.2, 0.25) is 0 Å². The summed E-state index contributed by atoms with van der Waals surface area (Å²) in [5.41, 5.74) is -0.295. The van der Waals surface area contributed by atoms with E-state index in [0.717, 1.165) is 6.08 Å². The second-order valence-electron chi connectivity index (χ2n) is 8.09. The Morgan fingerprint density at radius 3 is 2.69 bits per heavy atom. The minimum atomic E-state index is -4.53. The van der Waals surface area contributed by atoms with Crippen molar-refractivity contribution < 1.29 is 32.2 Å². The third-order valence-corrected chi connectivity index (χ3v) is 5.33. The Labute approximate surface area is 182 Å². The predicted octanol–water partition coefficient (Wildman–Crippen LogP) is 4.78. The molecule has 32 heavy (non-hydrogen) atoms. The number of anilines is 2. The van der Waals surface area contributed by atoms with Gasteiger partial charge in [0.05, 0.1) is 18.2 Å². The van der Waals surface area contributed by atoms with E-state index in [4.69, 9.17) is 9.47 Å². The molecule has 0 saturated carbocycles. The van der Waals surface area contributed by atoms with Gasteiger partial charge in [0.1, 0.15) is 11.5 Å². The van der Waals surface area contributed by atoms with E-state index in [9.17, 15) is 22.8 Å². The number of ether oxygens (including phenoxy) is 2. The Balaban J connectivity index is 1.64. The Hall–Kier alpha value is -3.49. The van der Waals surface area contributed by atoms with Crippen LogP contribution in [0.1, 0.15) is 25.8 Å². The van der Waals surface area contributed by atoms with Gasteiger partial charge in [0.2, 0.25) is 5.91 Å². The molecule has 2 heterocycles. The van der Waals surface area contributed by atoms with Crippen molar-refractivity contribution in [2.45, 2.75) is 32.0 Å². The molecule has 1 atom stereocenters. The van der Waals surface area contributed by atoms with E-state index in [-0.39, 0.29) is 30.1 Å². The van der Waals surface area contributed by atoms with Crippen LogP contribution in [-0.2, 0) is 9.59 Å². The van der Waals surface area contributed by atoms with Crippen LogP contribution >= 0.6 is 0 Å². The van der Waals surface area contributed by atoms with Crippen LogP contribution < -0.4 is 20.1 Å². The Morgan fingerprint density at radius 2 is 1.94 bits per heavy atom. The van der Waals surface area contributed by atoms with E-state index in [2.05, 4.69) is 10.6 Å². The number of nitrogens with one attached hydrogen (secondary N) is 2. The van der Waals surface area contributed by atoms with E-state index in [1.54, 1.807) is 44.2 Å². The van der Waals surface area contributed by atoms with Crippen molar-refractivity contribution in [3.8, 4) is 11.5 Å². The van der Waals surface area contributed by atoms with Gasteiger partial charge in [-0.25, -0.2) is 0 Å². The number of hydrogen-bond acceptors (Lipinski definition) is 4. The van der Waals surface area contributed by atoms with Gasteiger partial charge in [-0.05, 0) is 50.1 Å². The van der Waals surface area contributed by atoms with Crippen molar-refractivity contribution in [3.05, 3.63) is 54.1 Å². The fraction of sp³-hybridized carbons (Fsp3) is 0.304. The highest BCUT2D eigenvalue weighted by atomic mass is 19.4. The molecule has 2 aromatic rings. The lowest BCUT2D eigenvalue weighted by Gasteiger charge is -2.31. The number of carbonyl (C=O) groups excluding carboxylic acids is 2. The maximum absolute atomic E-state index is 13.7. The molecule has 2 aromatic carbocycles. The van der Waals surface area contributed by atoms with Gasteiger partial charge >= 0.3 is 6.18 Å². The lowest BCUT2D eigenvalue weighted by atomic mass is 9.89. The first-order valence-electron chi connectivity index (χ1n) is 10.0. The summed E-state index contributed by atoms with van der Waals surface area (Å²) in [6, 6.07) is 11.0. The van der Waals surface area contributed by atoms with E-state index in [1.807, 2.05) is 0 Å². The summed E-state index contributed by atoms with van der Waals surface area (Å²) in [5, 5.41) is 5.27. The summed E-state index contributed by atoms with van der Waals surface area (Å²) in [7, 11) is 0. The molecule has 0 bridgehead atoms. The summed E-state index contributed by atoms with van der Waals surface area (Å²) >= 11 is 0. The molecule has 168 valence electrons.